The third-order valence-corrected chi connectivity index (χ3v) is 1.45. The van der Waals surface area contributed by atoms with Crippen LogP contribution in [0.25, 0.3) is 0 Å². The van der Waals surface area contributed by atoms with Crippen molar-refractivity contribution in [3.63, 3.8) is 0 Å². The summed E-state index contributed by atoms with van der Waals surface area (Å²) in [5, 5.41) is -1.02. The Morgan fingerprint density at radius 1 is 1.70 bits per heavy atom. The summed E-state index contributed by atoms with van der Waals surface area (Å²) < 4.78 is 9.74. The molecule has 6 heteroatoms. The van der Waals surface area contributed by atoms with Crippen LogP contribution in [0.1, 0.15) is 6.92 Å². The summed E-state index contributed by atoms with van der Waals surface area (Å²) in [5.74, 6) is 0. The molecule has 0 N–H and O–H groups in total. The molecule has 0 fully saturated rings. The zero-order valence-corrected chi connectivity index (χ0v) is 7.34. The molecule has 0 aromatic carbocycles. The van der Waals surface area contributed by atoms with Gasteiger partial charge in [0.1, 0.15) is 0 Å². The van der Waals surface area contributed by atoms with Crippen LogP contribution in [0.3, 0.4) is 0 Å². The summed E-state index contributed by atoms with van der Waals surface area (Å²) in [5.41, 5.74) is 0. The van der Waals surface area contributed by atoms with Crippen LogP contribution in [0.2, 0.25) is 0 Å². The molecule has 0 aliphatic carbocycles. The van der Waals surface area contributed by atoms with Crippen molar-refractivity contribution in [2.45, 2.75) is 11.6 Å². The molecule has 0 atom stereocenters. The van der Waals surface area contributed by atoms with Gasteiger partial charge in [-0.05, 0) is 41.7 Å². The molecule has 0 aromatic rings. The second kappa shape index (κ2) is 3.60. The van der Waals surface area contributed by atoms with Crippen LogP contribution in [0.15, 0.2) is 0 Å². The number of halogens is 4. The first-order valence-corrected chi connectivity index (χ1v) is 3.56. The maximum absolute atomic E-state index is 12.5. The molecule has 0 aromatic heterocycles. The van der Waals surface area contributed by atoms with Gasteiger partial charge in [0.15, 0.2) is 0 Å². The Hall–Kier alpha value is 0.270. The van der Waals surface area contributed by atoms with E-state index in [4.69, 9.17) is 34.8 Å². The van der Waals surface area contributed by atoms with Crippen molar-refractivity contribution in [1.82, 2.24) is 4.90 Å². The van der Waals surface area contributed by atoms with E-state index in [1.807, 2.05) is 0 Å². The van der Waals surface area contributed by atoms with Crippen LogP contribution in [0.5, 0.6) is 0 Å². The van der Waals surface area contributed by atoms with Crippen molar-refractivity contribution in [2.75, 3.05) is 6.54 Å². The Balaban J connectivity index is 4.22. The molecule has 0 rings (SSSR count). The average Bonchev–Trinajstić information content (AvgIpc) is 1.60. The van der Waals surface area contributed by atoms with Gasteiger partial charge in [0, 0.05) is 6.54 Å². The molecule has 0 unspecified atom stereocenters. The predicted octanol–water partition coefficient (Wildman–Crippen LogP) is 2.73. The zero-order valence-electron chi connectivity index (χ0n) is 5.07. The summed E-state index contributed by atoms with van der Waals surface area (Å²) >= 11 is 14.7. The largest absolute Gasteiger partial charge is 0.340 e. The van der Waals surface area contributed by atoms with Gasteiger partial charge in [-0.2, -0.15) is 4.39 Å². The van der Waals surface area contributed by atoms with E-state index in [9.17, 15) is 9.18 Å². The number of rotatable bonds is 2. The number of alkyl halides is 3. The molecule has 0 aliphatic rings. The quantitative estimate of drug-likeness (QED) is 0.388. The molecule has 0 saturated carbocycles. The molecular weight excluding hydrogens is 203 g/mol. The molecule has 0 radical (unpaired) electrons. The Morgan fingerprint density at radius 3 is 2.10 bits per heavy atom. The number of carbonyl (C=O) groups is 1. The number of carbonyl (C=O) groups excluding carboxylic acids is 1. The van der Waals surface area contributed by atoms with Crippen LogP contribution >= 0.6 is 34.8 Å². The third kappa shape index (κ3) is 2.90. The lowest BCUT2D eigenvalue weighted by Crippen LogP contribution is -2.37. The van der Waals surface area contributed by atoms with E-state index in [0.717, 1.165) is 0 Å². The van der Waals surface area contributed by atoms with E-state index < -0.39 is 10.1 Å². The fourth-order valence-electron chi connectivity index (χ4n) is 0.403. The number of nitrogens with zero attached hydrogens (tertiary/aromatic N) is 1. The molecule has 0 saturated heterocycles. The Labute approximate surface area is 72.8 Å². The van der Waals surface area contributed by atoms with Crippen LogP contribution in [0, 0.1) is 0 Å². The topological polar surface area (TPSA) is 20.3 Å². The van der Waals surface area contributed by atoms with Crippen molar-refractivity contribution in [1.29, 1.82) is 0 Å². The van der Waals surface area contributed by atoms with Gasteiger partial charge in [-0.25, -0.2) is 0 Å². The normalized spacial score (nSPS) is 11.3. The van der Waals surface area contributed by atoms with Crippen LogP contribution in [-0.4, -0.2) is 21.5 Å². The summed E-state index contributed by atoms with van der Waals surface area (Å²) in [6, 6.07) is 0. The standard InChI is InChI=1S/C4H5Cl3FNO/c1-2-9(3(5)10)4(6,7)8/h2H2,1H3. The second-order valence-corrected chi connectivity index (χ2v) is 2.98. The van der Waals surface area contributed by atoms with Gasteiger partial charge in [0.25, 0.3) is 0 Å². The van der Waals surface area contributed by atoms with Gasteiger partial charge >= 0.3 is 10.1 Å². The molecule has 0 aliphatic heterocycles. The van der Waals surface area contributed by atoms with Crippen molar-refractivity contribution < 1.29 is 9.18 Å². The molecule has 2 nitrogen and oxygen atoms in total. The molecule has 0 heterocycles. The number of hydrogen-bond acceptors (Lipinski definition) is 1. The van der Waals surface area contributed by atoms with E-state index >= 15 is 0 Å². The van der Waals surface area contributed by atoms with Crippen LogP contribution in [0.4, 0.5) is 9.18 Å². The van der Waals surface area contributed by atoms with E-state index in [0.29, 0.717) is 4.90 Å². The van der Waals surface area contributed by atoms with Gasteiger partial charge in [-0.15, -0.1) is 0 Å². The van der Waals surface area contributed by atoms with Crippen LogP contribution < -0.4 is 0 Å². The average molecular weight is 208 g/mol. The lowest BCUT2D eigenvalue weighted by molar-refractivity contribution is 0.152. The second-order valence-electron chi connectivity index (χ2n) is 1.47. The summed E-state index contributed by atoms with van der Waals surface area (Å²) in [7, 11) is 0. The van der Waals surface area contributed by atoms with Crippen LogP contribution in [-0.2, 0) is 0 Å². The molecule has 60 valence electrons. The predicted molar refractivity (Wildman–Crippen MR) is 39.2 cm³/mol. The van der Waals surface area contributed by atoms with Crippen molar-refractivity contribution in [3.8, 4) is 0 Å². The summed E-state index contributed by atoms with van der Waals surface area (Å²) in [4.78, 5) is 10.8. The minimum atomic E-state index is -2.71. The Kier molecular flexibility index (Phi) is 3.70. The SMILES string of the molecule is CCN(C(=O)Cl)C(F)(Cl)Cl. The van der Waals surface area contributed by atoms with E-state index in [-0.39, 0.29) is 6.54 Å². The monoisotopic (exact) mass is 207 g/mol. The maximum Gasteiger partial charge on any atom is 0.340 e. The van der Waals surface area contributed by atoms with Gasteiger partial charge < -0.3 is 0 Å². The Bertz CT molecular complexity index is 135. The molecule has 0 spiro atoms. The smallest absolute Gasteiger partial charge is 0.271 e. The van der Waals surface area contributed by atoms with Gasteiger partial charge in [-0.3, -0.25) is 9.69 Å². The molecular formula is C4H5Cl3FNO. The minimum absolute atomic E-state index is 0.0197. The number of hydrogen-bond donors (Lipinski definition) is 0. The van der Waals surface area contributed by atoms with Crippen molar-refractivity contribution >= 4 is 40.2 Å². The molecule has 10 heavy (non-hydrogen) atoms. The third-order valence-electron chi connectivity index (χ3n) is 0.834. The van der Waals surface area contributed by atoms with E-state index in [1.165, 1.54) is 6.92 Å². The lowest BCUT2D eigenvalue weighted by atomic mass is 10.7. The summed E-state index contributed by atoms with van der Waals surface area (Å²) in [6.07, 6.45) is 0. The van der Waals surface area contributed by atoms with Gasteiger partial charge in [0.2, 0.25) is 0 Å². The highest BCUT2D eigenvalue weighted by Gasteiger charge is 2.33. The van der Waals surface area contributed by atoms with Crippen molar-refractivity contribution in [3.05, 3.63) is 0 Å². The minimum Gasteiger partial charge on any atom is -0.271 e. The maximum atomic E-state index is 12.5. The fraction of sp³-hybridized carbons (Fsp3) is 0.750. The van der Waals surface area contributed by atoms with Crippen molar-refractivity contribution in [2.24, 2.45) is 0 Å². The van der Waals surface area contributed by atoms with Gasteiger partial charge in [0.05, 0.1) is 0 Å². The number of amides is 1. The zero-order chi connectivity index (χ0) is 8.36. The highest BCUT2D eigenvalue weighted by molar-refractivity contribution is 6.64. The highest BCUT2D eigenvalue weighted by Crippen LogP contribution is 2.28. The first-order valence-electron chi connectivity index (χ1n) is 2.43. The highest BCUT2D eigenvalue weighted by atomic mass is 35.5. The lowest BCUT2D eigenvalue weighted by Gasteiger charge is -2.23. The first kappa shape index (κ1) is 10.3. The van der Waals surface area contributed by atoms with E-state index in [2.05, 4.69) is 0 Å². The van der Waals surface area contributed by atoms with E-state index in [1.54, 1.807) is 0 Å². The summed E-state index contributed by atoms with van der Waals surface area (Å²) in [6.45, 7) is 1.52. The Morgan fingerprint density at radius 2 is 2.10 bits per heavy atom. The molecule has 0 bridgehead atoms. The fourth-order valence-corrected chi connectivity index (χ4v) is 1.12. The molecule has 1 amide bonds. The van der Waals surface area contributed by atoms with Gasteiger partial charge in [-0.1, -0.05) is 0 Å². The first-order chi connectivity index (χ1) is 4.39.